The van der Waals surface area contributed by atoms with Gasteiger partial charge in [0.25, 0.3) is 0 Å². The number of hydrogen-bond acceptors (Lipinski definition) is 5. The number of benzene rings is 1. The number of unbranched alkanes of at least 4 members (excludes halogenated alkanes) is 1. The molecule has 3 rings (SSSR count). The van der Waals surface area contributed by atoms with Crippen molar-refractivity contribution in [3.05, 3.63) is 52.6 Å². The summed E-state index contributed by atoms with van der Waals surface area (Å²) in [6.45, 7) is 6.86. The van der Waals surface area contributed by atoms with Crippen LogP contribution in [-0.4, -0.2) is 12.4 Å². The number of Topliss-reactive ketones (excluding diaryl/α,β-unsaturated/α-hetero) is 1. The van der Waals surface area contributed by atoms with E-state index < -0.39 is 5.92 Å². The second kappa shape index (κ2) is 7.48. The maximum Gasteiger partial charge on any atom is 0.205 e. The summed E-state index contributed by atoms with van der Waals surface area (Å²) in [5.41, 5.74) is 7.57. The van der Waals surface area contributed by atoms with Gasteiger partial charge in [0.1, 0.15) is 23.2 Å². The van der Waals surface area contributed by atoms with E-state index in [2.05, 4.69) is 13.0 Å². The Morgan fingerprint density at radius 2 is 2.00 bits per heavy atom. The molecule has 0 bridgehead atoms. The van der Waals surface area contributed by atoms with Crippen LogP contribution in [0.2, 0.25) is 0 Å². The van der Waals surface area contributed by atoms with Crippen molar-refractivity contribution in [1.82, 2.24) is 0 Å². The van der Waals surface area contributed by atoms with E-state index in [1.165, 1.54) is 0 Å². The minimum Gasteiger partial charge on any atom is -0.494 e. The third-order valence-electron chi connectivity index (χ3n) is 5.06. The number of ether oxygens (including phenoxy) is 2. The molecule has 0 saturated carbocycles. The van der Waals surface area contributed by atoms with Gasteiger partial charge in [-0.15, -0.1) is 0 Å². The van der Waals surface area contributed by atoms with E-state index in [1.54, 1.807) is 0 Å². The van der Waals surface area contributed by atoms with E-state index in [4.69, 9.17) is 15.2 Å². The second-order valence-electron chi connectivity index (χ2n) is 7.97. The van der Waals surface area contributed by atoms with Crippen LogP contribution in [0, 0.1) is 16.7 Å². The smallest absolute Gasteiger partial charge is 0.205 e. The number of allylic oxidation sites excluding steroid dienone is 3. The van der Waals surface area contributed by atoms with Gasteiger partial charge in [-0.05, 0) is 29.5 Å². The van der Waals surface area contributed by atoms with Crippen molar-refractivity contribution in [2.24, 2.45) is 11.1 Å². The second-order valence-corrected chi connectivity index (χ2v) is 7.97. The number of nitrogens with zero attached hydrogens (tertiary/aromatic N) is 1. The van der Waals surface area contributed by atoms with Crippen LogP contribution in [0.5, 0.6) is 5.75 Å². The zero-order chi connectivity index (χ0) is 19.6. The third-order valence-corrected chi connectivity index (χ3v) is 5.06. The molecule has 1 aromatic rings. The first-order chi connectivity index (χ1) is 12.9. The molecule has 1 atom stereocenters. The molecule has 1 aliphatic carbocycles. The highest BCUT2D eigenvalue weighted by molar-refractivity contribution is 6.00. The number of nitriles is 1. The summed E-state index contributed by atoms with van der Waals surface area (Å²) in [4.78, 5) is 12.9. The van der Waals surface area contributed by atoms with Gasteiger partial charge in [0, 0.05) is 18.4 Å². The highest BCUT2D eigenvalue weighted by atomic mass is 16.5. The molecule has 142 valence electrons. The van der Waals surface area contributed by atoms with Crippen molar-refractivity contribution >= 4 is 5.78 Å². The first-order valence-corrected chi connectivity index (χ1v) is 9.43. The number of hydrogen-bond donors (Lipinski definition) is 1. The Hall–Kier alpha value is -2.74. The molecule has 2 aliphatic rings. The molecule has 0 saturated heterocycles. The first-order valence-electron chi connectivity index (χ1n) is 9.43. The van der Waals surface area contributed by atoms with Gasteiger partial charge in [-0.2, -0.15) is 5.26 Å². The van der Waals surface area contributed by atoms with Gasteiger partial charge in [0.15, 0.2) is 5.78 Å². The van der Waals surface area contributed by atoms with Crippen molar-refractivity contribution in [2.45, 2.75) is 52.4 Å². The Bertz CT molecular complexity index is 841. The van der Waals surface area contributed by atoms with E-state index in [-0.39, 0.29) is 17.1 Å². The quantitative estimate of drug-likeness (QED) is 0.785. The maximum absolute atomic E-state index is 12.9. The van der Waals surface area contributed by atoms with Crippen molar-refractivity contribution in [3.63, 3.8) is 0 Å². The van der Waals surface area contributed by atoms with Crippen LogP contribution in [0.1, 0.15) is 57.9 Å². The van der Waals surface area contributed by atoms with Gasteiger partial charge >= 0.3 is 0 Å². The summed E-state index contributed by atoms with van der Waals surface area (Å²) in [5.74, 6) is 1.01. The van der Waals surface area contributed by atoms with Gasteiger partial charge in [-0.3, -0.25) is 4.79 Å². The van der Waals surface area contributed by atoms with Crippen molar-refractivity contribution in [1.29, 1.82) is 5.26 Å². The largest absolute Gasteiger partial charge is 0.494 e. The van der Waals surface area contributed by atoms with Gasteiger partial charge in [-0.25, -0.2) is 0 Å². The molecule has 1 aromatic carbocycles. The summed E-state index contributed by atoms with van der Waals surface area (Å²) >= 11 is 0. The molecule has 2 N–H and O–H groups in total. The fraction of sp³-hybridized carbons (Fsp3) is 0.455. The molecule has 1 aliphatic heterocycles. The highest BCUT2D eigenvalue weighted by Gasteiger charge is 2.42. The zero-order valence-corrected chi connectivity index (χ0v) is 16.2. The number of nitrogens with two attached hydrogens (primary N) is 1. The lowest BCUT2D eigenvalue weighted by atomic mass is 9.70. The molecule has 1 heterocycles. The fourth-order valence-corrected chi connectivity index (χ4v) is 3.71. The van der Waals surface area contributed by atoms with Gasteiger partial charge < -0.3 is 15.2 Å². The summed E-state index contributed by atoms with van der Waals surface area (Å²) in [5, 5.41) is 9.64. The zero-order valence-electron chi connectivity index (χ0n) is 16.2. The molecule has 1 unspecified atom stereocenters. The van der Waals surface area contributed by atoms with Crippen LogP contribution in [-0.2, 0) is 9.53 Å². The summed E-state index contributed by atoms with van der Waals surface area (Å²) in [6, 6.07) is 9.71. The summed E-state index contributed by atoms with van der Waals surface area (Å²) in [7, 11) is 0. The molecule has 5 nitrogen and oxygen atoms in total. The van der Waals surface area contributed by atoms with Crippen LogP contribution < -0.4 is 10.5 Å². The van der Waals surface area contributed by atoms with Crippen molar-refractivity contribution in [2.75, 3.05) is 6.61 Å². The van der Waals surface area contributed by atoms with Crippen LogP contribution >= 0.6 is 0 Å². The Morgan fingerprint density at radius 1 is 1.30 bits per heavy atom. The topological polar surface area (TPSA) is 85.3 Å². The molecular formula is C22H26N2O3. The normalized spacial score (nSPS) is 21.4. The standard InChI is InChI=1S/C22H26N2O3/c1-4-5-10-26-15-8-6-14(7-9-15)19-16(13-23)21(24)27-18-12-22(2,3)11-17(25)20(18)19/h6-9,19H,4-5,10-12,24H2,1-3H3. The molecule has 0 amide bonds. The average Bonchev–Trinajstić information content (AvgIpc) is 2.60. The number of carbonyl (C=O) groups excluding carboxylic acids is 1. The van der Waals surface area contributed by atoms with Gasteiger partial charge in [0.05, 0.1) is 12.5 Å². The lowest BCUT2D eigenvalue weighted by Gasteiger charge is -2.37. The minimum atomic E-state index is -0.480. The number of carbonyl (C=O) groups is 1. The number of rotatable bonds is 5. The van der Waals surface area contributed by atoms with Crippen LogP contribution in [0.4, 0.5) is 0 Å². The molecule has 0 spiro atoms. The van der Waals surface area contributed by atoms with E-state index in [0.717, 1.165) is 24.2 Å². The Kier molecular flexibility index (Phi) is 5.27. The minimum absolute atomic E-state index is 0.0229. The first kappa shape index (κ1) is 19.0. The Balaban J connectivity index is 1.97. The Morgan fingerprint density at radius 3 is 2.63 bits per heavy atom. The van der Waals surface area contributed by atoms with Crippen molar-refractivity contribution in [3.8, 4) is 11.8 Å². The van der Waals surface area contributed by atoms with Crippen LogP contribution in [0.3, 0.4) is 0 Å². The van der Waals surface area contributed by atoms with Crippen LogP contribution in [0.15, 0.2) is 47.1 Å². The molecular weight excluding hydrogens is 340 g/mol. The molecule has 0 fully saturated rings. The SMILES string of the molecule is CCCCOc1ccc(C2C(C#N)=C(N)OC3=C2C(=O)CC(C)(C)C3)cc1. The molecule has 0 aromatic heterocycles. The molecule has 27 heavy (non-hydrogen) atoms. The van der Waals surface area contributed by atoms with E-state index >= 15 is 0 Å². The predicted octanol–water partition coefficient (Wildman–Crippen LogP) is 4.32. The Labute approximate surface area is 160 Å². The highest BCUT2D eigenvalue weighted by Crippen LogP contribution is 2.47. The monoisotopic (exact) mass is 366 g/mol. The number of ketones is 1. The van der Waals surface area contributed by atoms with Crippen LogP contribution in [0.25, 0.3) is 0 Å². The van der Waals surface area contributed by atoms with E-state index in [1.807, 2.05) is 38.1 Å². The van der Waals surface area contributed by atoms with E-state index in [0.29, 0.717) is 36.4 Å². The lowest BCUT2D eigenvalue weighted by Crippen LogP contribution is -2.33. The third kappa shape index (κ3) is 3.85. The van der Waals surface area contributed by atoms with Gasteiger partial charge in [-0.1, -0.05) is 39.3 Å². The molecule has 0 radical (unpaired) electrons. The maximum atomic E-state index is 12.9. The molecule has 5 heteroatoms. The summed E-state index contributed by atoms with van der Waals surface area (Å²) in [6.07, 6.45) is 3.13. The average molecular weight is 366 g/mol. The van der Waals surface area contributed by atoms with Gasteiger partial charge in [0.2, 0.25) is 5.88 Å². The summed E-state index contributed by atoms with van der Waals surface area (Å²) < 4.78 is 11.4. The van der Waals surface area contributed by atoms with E-state index in [9.17, 15) is 10.1 Å². The fourth-order valence-electron chi connectivity index (χ4n) is 3.71. The lowest BCUT2D eigenvalue weighted by molar-refractivity contribution is -0.119. The predicted molar refractivity (Wildman–Crippen MR) is 103 cm³/mol. The van der Waals surface area contributed by atoms with Crippen molar-refractivity contribution < 1.29 is 14.3 Å².